The second-order valence-electron chi connectivity index (χ2n) is 10.1. The lowest BCUT2D eigenvalue weighted by Gasteiger charge is -2.20. The predicted molar refractivity (Wildman–Crippen MR) is 138 cm³/mol. The molecule has 2 amide bonds. The Hall–Kier alpha value is -4.79. The number of aromatic nitrogens is 4. The van der Waals surface area contributed by atoms with E-state index in [9.17, 15) is 14.4 Å². The topological polar surface area (TPSA) is 111 Å². The van der Waals surface area contributed by atoms with E-state index in [0.29, 0.717) is 30.9 Å². The maximum absolute atomic E-state index is 13.2. The van der Waals surface area contributed by atoms with Gasteiger partial charge in [-0.2, -0.15) is 0 Å². The van der Waals surface area contributed by atoms with E-state index in [1.807, 2.05) is 36.4 Å². The fourth-order valence-electron chi connectivity index (χ4n) is 6.30. The molecular formula is C28H20N6O3. The normalized spacial score (nSPS) is 19.4. The van der Waals surface area contributed by atoms with Crippen LogP contribution in [0.5, 0.6) is 0 Å². The summed E-state index contributed by atoms with van der Waals surface area (Å²) in [5, 5.41) is 6.80. The molecule has 3 aliphatic rings. The third-order valence-electron chi connectivity index (χ3n) is 7.98. The molecule has 1 aliphatic carbocycles. The minimum absolute atomic E-state index is 0.00410. The van der Waals surface area contributed by atoms with E-state index < -0.39 is 5.41 Å². The minimum atomic E-state index is -0.628. The van der Waals surface area contributed by atoms with Gasteiger partial charge in [-0.3, -0.25) is 23.7 Å². The molecule has 0 saturated heterocycles. The van der Waals surface area contributed by atoms with Crippen molar-refractivity contribution in [1.82, 2.24) is 19.1 Å². The number of hydrogen-bond donors (Lipinski definition) is 2. The van der Waals surface area contributed by atoms with Gasteiger partial charge in [0.25, 0.3) is 0 Å². The lowest BCUT2D eigenvalue weighted by atomic mass is 9.79. The van der Waals surface area contributed by atoms with Gasteiger partial charge in [0.15, 0.2) is 0 Å². The Morgan fingerprint density at radius 3 is 2.70 bits per heavy atom. The molecule has 1 atom stereocenters. The number of carbonyl (C=O) groups excluding carboxylic acids is 2. The van der Waals surface area contributed by atoms with E-state index in [-0.39, 0.29) is 24.0 Å². The van der Waals surface area contributed by atoms with Gasteiger partial charge in [0.1, 0.15) is 12.4 Å². The first-order chi connectivity index (χ1) is 18.0. The Morgan fingerprint density at radius 2 is 1.81 bits per heavy atom. The van der Waals surface area contributed by atoms with Gasteiger partial charge >= 0.3 is 5.69 Å². The zero-order valence-electron chi connectivity index (χ0n) is 19.6. The molecule has 1 spiro atoms. The Kier molecular flexibility index (Phi) is 3.81. The van der Waals surface area contributed by atoms with Gasteiger partial charge in [0.05, 0.1) is 39.9 Å². The lowest BCUT2D eigenvalue weighted by Crippen LogP contribution is -2.35. The molecule has 5 aromatic rings. The van der Waals surface area contributed by atoms with Crippen LogP contribution in [0, 0.1) is 0 Å². The van der Waals surface area contributed by atoms with Crippen molar-refractivity contribution in [2.75, 3.05) is 10.6 Å². The first-order valence-corrected chi connectivity index (χ1v) is 12.2. The third kappa shape index (κ3) is 2.71. The average molecular weight is 489 g/mol. The van der Waals surface area contributed by atoms with Crippen molar-refractivity contribution in [2.45, 2.75) is 31.3 Å². The number of amides is 2. The molecule has 0 fully saturated rings. The molecule has 0 radical (unpaired) electrons. The number of nitrogens with one attached hydrogen (secondary N) is 2. The van der Waals surface area contributed by atoms with Crippen LogP contribution >= 0.6 is 0 Å². The van der Waals surface area contributed by atoms with Crippen molar-refractivity contribution in [3.05, 3.63) is 93.7 Å². The number of fused-ring (bicyclic) bond motifs is 4. The highest BCUT2D eigenvalue weighted by molar-refractivity contribution is 6.06. The number of benzene rings is 2. The number of anilines is 2. The molecule has 0 bridgehead atoms. The second-order valence-corrected chi connectivity index (χ2v) is 10.1. The van der Waals surface area contributed by atoms with Crippen LogP contribution in [0.4, 0.5) is 11.5 Å². The molecule has 37 heavy (non-hydrogen) atoms. The van der Waals surface area contributed by atoms with Gasteiger partial charge in [-0.25, -0.2) is 9.78 Å². The summed E-state index contributed by atoms with van der Waals surface area (Å²) >= 11 is 0. The van der Waals surface area contributed by atoms with Crippen LogP contribution < -0.4 is 16.3 Å². The van der Waals surface area contributed by atoms with Crippen molar-refractivity contribution < 1.29 is 9.59 Å². The van der Waals surface area contributed by atoms with Crippen LogP contribution in [0.25, 0.3) is 21.9 Å². The predicted octanol–water partition coefficient (Wildman–Crippen LogP) is 2.74. The number of nitrogens with zero attached hydrogens (tertiary/aromatic N) is 4. The molecule has 180 valence electrons. The Labute approximate surface area is 209 Å². The Balaban J connectivity index is 1.19. The van der Waals surface area contributed by atoms with Crippen molar-refractivity contribution >= 4 is 45.3 Å². The van der Waals surface area contributed by atoms with Gasteiger partial charge in [-0.1, -0.05) is 18.2 Å². The summed E-state index contributed by atoms with van der Waals surface area (Å²) in [6, 6.07) is 17.6. The summed E-state index contributed by atoms with van der Waals surface area (Å²) in [6.07, 6.45) is 2.93. The number of rotatable bonds is 2. The van der Waals surface area contributed by atoms with E-state index in [0.717, 1.165) is 44.3 Å². The monoisotopic (exact) mass is 488 g/mol. The van der Waals surface area contributed by atoms with Gasteiger partial charge in [-0.05, 0) is 60.4 Å². The van der Waals surface area contributed by atoms with Crippen LogP contribution in [0.2, 0.25) is 0 Å². The number of para-hydroxylation sites is 1. The lowest BCUT2D eigenvalue weighted by molar-refractivity contribution is -0.120. The van der Waals surface area contributed by atoms with E-state index in [1.165, 1.54) is 4.57 Å². The molecule has 0 unspecified atom stereocenters. The number of pyridine rings is 2. The molecule has 9 nitrogen and oxygen atoms in total. The van der Waals surface area contributed by atoms with E-state index in [1.54, 1.807) is 16.8 Å². The van der Waals surface area contributed by atoms with Crippen LogP contribution in [0.3, 0.4) is 0 Å². The van der Waals surface area contributed by atoms with E-state index in [2.05, 4.69) is 27.8 Å². The van der Waals surface area contributed by atoms with Gasteiger partial charge in [0, 0.05) is 17.1 Å². The average Bonchev–Trinajstić information content (AvgIpc) is 3.49. The fourth-order valence-corrected chi connectivity index (χ4v) is 6.30. The second kappa shape index (κ2) is 6.91. The first kappa shape index (κ1) is 20.4. The molecule has 2 aromatic carbocycles. The maximum Gasteiger partial charge on any atom is 0.330 e. The quantitative estimate of drug-likeness (QED) is 0.397. The summed E-state index contributed by atoms with van der Waals surface area (Å²) in [7, 11) is 0. The smallest absolute Gasteiger partial charge is 0.323 e. The van der Waals surface area contributed by atoms with Crippen molar-refractivity contribution in [3.63, 3.8) is 0 Å². The van der Waals surface area contributed by atoms with Crippen LogP contribution in [0.1, 0.15) is 22.4 Å². The largest absolute Gasteiger partial charge is 0.330 e. The maximum atomic E-state index is 13.2. The molecule has 0 saturated carbocycles. The van der Waals surface area contributed by atoms with E-state index in [4.69, 9.17) is 4.98 Å². The molecule has 9 heteroatoms. The van der Waals surface area contributed by atoms with Gasteiger partial charge < -0.3 is 10.6 Å². The zero-order chi connectivity index (χ0) is 24.9. The highest BCUT2D eigenvalue weighted by Crippen LogP contribution is 2.47. The molecule has 2 aliphatic heterocycles. The minimum Gasteiger partial charge on any atom is -0.323 e. The van der Waals surface area contributed by atoms with Crippen molar-refractivity contribution in [2.24, 2.45) is 0 Å². The Bertz CT molecular complexity index is 1920. The van der Waals surface area contributed by atoms with Crippen molar-refractivity contribution in [3.8, 4) is 0 Å². The number of imidazole rings is 1. The van der Waals surface area contributed by atoms with Crippen LogP contribution in [-0.2, 0) is 40.9 Å². The molecule has 8 rings (SSSR count). The van der Waals surface area contributed by atoms with E-state index >= 15 is 0 Å². The molecule has 2 N–H and O–H groups in total. The van der Waals surface area contributed by atoms with Crippen molar-refractivity contribution in [1.29, 1.82) is 0 Å². The summed E-state index contributed by atoms with van der Waals surface area (Å²) in [5.74, 6) is 0.444. The highest BCUT2D eigenvalue weighted by atomic mass is 16.2. The zero-order valence-corrected chi connectivity index (χ0v) is 19.6. The van der Waals surface area contributed by atoms with Gasteiger partial charge in [0.2, 0.25) is 11.8 Å². The van der Waals surface area contributed by atoms with Crippen LogP contribution in [0.15, 0.2) is 65.6 Å². The number of hydrogen-bond acceptors (Lipinski definition) is 5. The SMILES string of the molecule is O=C1Cn2c(=O)n(Cc3ccc4cc5c(cc4n3)C[C@]3(C5)C(=O)Nc4ncccc43)c3cccc(c32)N1. The third-order valence-corrected chi connectivity index (χ3v) is 7.98. The summed E-state index contributed by atoms with van der Waals surface area (Å²) in [4.78, 5) is 47.6. The standard InChI is InChI=1S/C28H20N6O3/c35-23-14-34-24-20(31-23)4-1-5-22(24)33(27(34)37)13-18-7-6-15-9-16-11-28(12-17(16)10-21(15)30-18)19-3-2-8-29-25(19)32-26(28)36/h1-10H,11-14H2,(H,31,35)(H,29,32,36)/t28-/m0/s1. The first-order valence-electron chi connectivity index (χ1n) is 12.2. The van der Waals surface area contributed by atoms with Crippen LogP contribution in [-0.4, -0.2) is 30.9 Å². The fraction of sp³-hybridized carbons (Fsp3) is 0.179. The van der Waals surface area contributed by atoms with Gasteiger partial charge in [-0.15, -0.1) is 0 Å². The highest BCUT2D eigenvalue weighted by Gasteiger charge is 2.51. The molecular weight excluding hydrogens is 468 g/mol. The Morgan fingerprint density at radius 1 is 0.946 bits per heavy atom. The summed E-state index contributed by atoms with van der Waals surface area (Å²) in [5.41, 5.74) is 6.08. The number of carbonyl (C=O) groups is 2. The summed E-state index contributed by atoms with van der Waals surface area (Å²) in [6.45, 7) is 0.295. The molecule has 5 heterocycles. The molecule has 3 aromatic heterocycles. The summed E-state index contributed by atoms with van der Waals surface area (Å²) < 4.78 is 3.19.